The van der Waals surface area contributed by atoms with Gasteiger partial charge in [0.2, 0.25) is 11.8 Å². The first-order chi connectivity index (χ1) is 62.2. The molecule has 3 saturated heterocycles. The molecule has 7 heterocycles. The van der Waals surface area contributed by atoms with Crippen LogP contribution in [0.5, 0.6) is 46.0 Å². The van der Waals surface area contributed by atoms with Gasteiger partial charge in [0, 0.05) is 87.6 Å². The van der Waals surface area contributed by atoms with Crippen molar-refractivity contribution in [3.05, 3.63) is 240 Å². The fraction of sp³-hybridized carbons (Fsp3) is 0.326. The summed E-state index contributed by atoms with van der Waals surface area (Å²) in [5.41, 5.74) is 12.3. The third-order valence-corrected chi connectivity index (χ3v) is 24.2. The summed E-state index contributed by atoms with van der Waals surface area (Å²) < 4.78 is 182. The number of esters is 2. The monoisotopic (exact) mass is 1920 g/mol. The number of fused-ring (bicyclic) bond motifs is 2. The molecule has 15 rings (SSSR count). The molecule has 4 aromatic heterocycles. The van der Waals surface area contributed by atoms with Gasteiger partial charge in [0.1, 0.15) is 95.5 Å². The van der Waals surface area contributed by atoms with Crippen molar-refractivity contribution in [2.75, 3.05) is 27.3 Å². The molecule has 3 fully saturated rings. The van der Waals surface area contributed by atoms with Crippen molar-refractivity contribution >= 4 is 98.4 Å². The first kappa shape index (κ1) is 98.1. The molecule has 0 spiro atoms. The van der Waals surface area contributed by atoms with Crippen molar-refractivity contribution in [3.8, 4) is 80.0 Å². The highest BCUT2D eigenvalue weighted by molar-refractivity contribution is 9.10. The van der Waals surface area contributed by atoms with Gasteiger partial charge in [-0.1, -0.05) is 101 Å². The molecule has 0 radical (unpaired) electrons. The van der Waals surface area contributed by atoms with E-state index in [0.29, 0.717) is 94.6 Å². The van der Waals surface area contributed by atoms with E-state index in [1.165, 1.54) is 81.3 Å². The van der Waals surface area contributed by atoms with Gasteiger partial charge in [-0.15, -0.1) is 0 Å². The summed E-state index contributed by atoms with van der Waals surface area (Å²) in [5.74, 6) is 0.593. The molecule has 131 heavy (non-hydrogen) atoms. The van der Waals surface area contributed by atoms with E-state index in [-0.39, 0.29) is 132 Å². The average Bonchev–Trinajstić information content (AvgIpc) is 1.62. The third kappa shape index (κ3) is 23.7. The van der Waals surface area contributed by atoms with Crippen molar-refractivity contribution in [1.82, 2.24) is 29.7 Å². The molecule has 3 aliphatic heterocycles. The Bertz CT molecular complexity index is 6100. The van der Waals surface area contributed by atoms with Gasteiger partial charge in [0.25, 0.3) is 0 Å². The summed E-state index contributed by atoms with van der Waals surface area (Å²) in [7, 11) is 2.11. The van der Waals surface area contributed by atoms with Crippen molar-refractivity contribution in [1.29, 1.82) is 0 Å². The van der Waals surface area contributed by atoms with E-state index in [4.69, 9.17) is 89.2 Å². The average molecular weight is 1920 g/mol. The highest BCUT2D eigenvalue weighted by atomic mass is 79.9. The number of nitrogens with zero attached hydrogens (tertiary/aromatic N) is 6. The number of aromatic nitrogens is 4. The molecule has 0 unspecified atom stereocenters. The van der Waals surface area contributed by atoms with Crippen LogP contribution in [0.1, 0.15) is 137 Å². The maximum absolute atomic E-state index is 13.6. The maximum Gasteiger partial charge on any atom is 0.495 e. The highest BCUT2D eigenvalue weighted by Gasteiger charge is 2.52. The Kier molecular flexibility index (Phi) is 32.5. The number of aldehydes is 2. The van der Waals surface area contributed by atoms with Crippen molar-refractivity contribution in [2.45, 2.75) is 178 Å². The second-order valence-corrected chi connectivity index (χ2v) is 33.2. The van der Waals surface area contributed by atoms with E-state index < -0.39 is 56.9 Å². The number of ether oxygens (including phenoxy) is 10. The fourth-order valence-electron chi connectivity index (χ4n) is 15.2. The fourth-order valence-corrected chi connectivity index (χ4v) is 16.0. The molecule has 12 aromatic rings. The Morgan fingerprint density at radius 3 is 1.34 bits per heavy atom. The minimum Gasteiger partial charge on any atom is -0.488 e. The molecule has 0 N–H and O–H groups in total. The number of carbonyl (C=O) groups excluding carboxylic acids is 4. The van der Waals surface area contributed by atoms with Gasteiger partial charge in [-0.3, -0.25) is 38.9 Å². The van der Waals surface area contributed by atoms with Crippen LogP contribution < -0.4 is 43.4 Å². The smallest absolute Gasteiger partial charge is 0.488 e. The molecular weight excluding hydrogens is 1830 g/mol. The van der Waals surface area contributed by atoms with Gasteiger partial charge in [0.05, 0.1) is 59.0 Å². The van der Waals surface area contributed by atoms with Gasteiger partial charge in [-0.25, -0.2) is 9.97 Å². The van der Waals surface area contributed by atoms with Gasteiger partial charge < -0.3 is 65.5 Å². The first-order valence-corrected chi connectivity index (χ1v) is 42.4. The van der Waals surface area contributed by atoms with Crippen LogP contribution in [0.4, 0.5) is 35.1 Å². The highest BCUT2D eigenvalue weighted by Crippen LogP contribution is 2.43. The standard InChI is InChI=1S/C44H38ClF4N3O8.C28H33BF2N2O6.C22H17BrClF2NO4.CH4/c1-24-27(23-57-39-16-37(29(21-53)14-34(39)45)56-22-26-13-30(19-50-18-26)58-43(46)47)7-4-8-31(24)32-9-5-10-33(25(32)2)41-51-35-15-28(38(60-44(48)49)17-40(35)59-41)20-52-12-6-11-36(52)42(54)55-3;1-16-18(9-7-10-19(16)29-38-27(2,3)28(4,5)39-29)24-32-20-13-17(22(37-26(30)31)14-23(20)36-24)15-33-12-8-11-21(33)25(34)35-6;1-13-15(3-2-4-18(13)23)12-30-21-7-20(16(10-28)6-19(21)24)29-11-14-5-17(9-27-8-14)31-22(25)26;/h4-5,7-10,13-19,21,36,43-44H,6,11-12,20,22-23H2,1-3H3;7,9-10,13-14,21,26H,8,11-12,15H2,1-6H3;2-10,22H,11-12H2,1H3;1H4/t36-;21-;;/m00../s1. The van der Waals surface area contributed by atoms with Crippen LogP contribution in [0.15, 0.2) is 172 Å². The number of hydrogen-bond acceptors (Lipinski definition) is 24. The number of carbonyl (C=O) groups is 4. The Balaban J connectivity index is 0.000000189. The zero-order valence-electron chi connectivity index (χ0n) is 71.9. The molecule has 0 aliphatic carbocycles. The predicted molar refractivity (Wildman–Crippen MR) is 477 cm³/mol. The molecule has 2 atom stereocenters. The summed E-state index contributed by atoms with van der Waals surface area (Å²) in [4.78, 5) is 68.9. The number of hydrogen-bond donors (Lipinski definition) is 0. The minimum absolute atomic E-state index is 0. The zero-order valence-corrected chi connectivity index (χ0v) is 75.0. The maximum atomic E-state index is 13.6. The number of rotatable bonds is 32. The molecule has 0 bridgehead atoms. The summed E-state index contributed by atoms with van der Waals surface area (Å²) in [6.45, 7) is 5.62. The molecule has 8 aromatic carbocycles. The van der Waals surface area contributed by atoms with Gasteiger partial charge >= 0.3 is 45.5 Å². The second kappa shape index (κ2) is 43.4. The molecule has 36 heteroatoms. The molecule has 0 saturated carbocycles. The Morgan fingerprint density at radius 1 is 0.489 bits per heavy atom. The lowest BCUT2D eigenvalue weighted by Crippen LogP contribution is -2.41. The van der Waals surface area contributed by atoms with E-state index in [9.17, 15) is 54.3 Å². The number of methoxy groups -OCH3 is 2. The zero-order chi connectivity index (χ0) is 93.0. The van der Waals surface area contributed by atoms with Crippen molar-refractivity contribution in [3.63, 3.8) is 0 Å². The SMILES string of the molecule is C.COC(=O)[C@@H]1CCCN1Cc1cc2nc(-c3cccc(-c4cccc(COc5cc(OCc6cncc(OC(F)F)c6)c(C=O)cc5Cl)c4C)c3C)oc2cc1OC(F)F.COC(=O)[C@@H]1CCCN1Cc1cc2nc(-c3cccc(B4OC(C)(C)C(C)(C)O4)c3C)oc2cc1OC(F)F.Cc1c(Br)cccc1COc1cc(OCc2cncc(OC(F)F)c2)c(C=O)cc1Cl. The Labute approximate surface area is 768 Å². The van der Waals surface area contributed by atoms with Crippen molar-refractivity contribution in [2.24, 2.45) is 0 Å². The van der Waals surface area contributed by atoms with E-state index in [2.05, 4.69) is 35.4 Å². The number of pyridine rings is 2. The van der Waals surface area contributed by atoms with Gasteiger partial charge in [0.15, 0.2) is 23.7 Å². The van der Waals surface area contributed by atoms with Crippen LogP contribution >= 0.6 is 39.1 Å². The normalized spacial score (nSPS) is 15.2. The first-order valence-electron chi connectivity index (χ1n) is 40.8. The van der Waals surface area contributed by atoms with Crippen LogP contribution in [0.3, 0.4) is 0 Å². The van der Waals surface area contributed by atoms with Crippen LogP contribution in [0.2, 0.25) is 10.0 Å². The lowest BCUT2D eigenvalue weighted by atomic mass is 9.75. The third-order valence-electron chi connectivity index (χ3n) is 22.7. The number of oxazole rings is 2. The van der Waals surface area contributed by atoms with Crippen LogP contribution in [-0.4, -0.2) is 138 Å². The lowest BCUT2D eigenvalue weighted by Gasteiger charge is -2.32. The van der Waals surface area contributed by atoms with E-state index >= 15 is 0 Å². The van der Waals surface area contributed by atoms with Gasteiger partial charge in [-0.2, -0.15) is 35.1 Å². The van der Waals surface area contributed by atoms with Gasteiger partial charge in [-0.05, 0) is 199 Å². The van der Waals surface area contributed by atoms with Crippen LogP contribution in [-0.2, 0) is 67.9 Å². The number of halogens is 11. The predicted octanol–water partition coefficient (Wildman–Crippen LogP) is 22.0. The Hall–Kier alpha value is -11.9. The molecular formula is C95H92BBrCl2F8N6O18. The summed E-state index contributed by atoms with van der Waals surface area (Å²) >= 11 is 16.3. The largest absolute Gasteiger partial charge is 0.495 e. The second-order valence-electron chi connectivity index (χ2n) is 31.5. The topological polar surface area (TPSA) is 263 Å². The van der Waals surface area contributed by atoms with Crippen molar-refractivity contribution < 1.29 is 120 Å². The number of benzene rings is 8. The molecule has 690 valence electrons. The molecule has 0 amide bonds. The Morgan fingerprint density at radius 2 is 0.893 bits per heavy atom. The molecule has 3 aliphatic rings. The lowest BCUT2D eigenvalue weighted by molar-refractivity contribution is -0.146. The van der Waals surface area contributed by atoms with E-state index in [1.807, 2.05) is 138 Å². The van der Waals surface area contributed by atoms with E-state index in [0.717, 1.165) is 79.0 Å². The number of likely N-dealkylation sites (tertiary alicyclic amines) is 2. The van der Waals surface area contributed by atoms with Crippen LogP contribution in [0, 0.1) is 27.7 Å². The van der Waals surface area contributed by atoms with E-state index in [1.54, 1.807) is 12.1 Å². The molecule has 24 nitrogen and oxygen atoms in total. The number of alkyl halides is 8. The minimum atomic E-state index is -3.08. The summed E-state index contributed by atoms with van der Waals surface area (Å²) in [6, 6.07) is 36.9. The summed E-state index contributed by atoms with van der Waals surface area (Å²) in [5, 5.41) is 0.437. The summed E-state index contributed by atoms with van der Waals surface area (Å²) in [6.07, 6.45) is 9.19. The van der Waals surface area contributed by atoms with Crippen LogP contribution in [0.25, 0.3) is 56.2 Å². The quantitative estimate of drug-likeness (QED) is 0.0164.